The predicted octanol–water partition coefficient (Wildman–Crippen LogP) is 5.62. The van der Waals surface area contributed by atoms with Gasteiger partial charge in [-0.2, -0.15) is 10.5 Å². The summed E-state index contributed by atoms with van der Waals surface area (Å²) in [6.07, 6.45) is 0. The number of hydrogen-bond acceptors (Lipinski definition) is 4. The molecule has 0 saturated carbocycles. The molecule has 2 nitrogen and oxygen atoms in total. The van der Waals surface area contributed by atoms with Crippen LogP contribution in [0.5, 0.6) is 0 Å². The van der Waals surface area contributed by atoms with Crippen LogP contribution < -0.4 is 0 Å². The smallest absolute Gasteiger partial charge is 0.101 e. The van der Waals surface area contributed by atoms with Crippen molar-refractivity contribution in [3.63, 3.8) is 0 Å². The quantitative estimate of drug-likeness (QED) is 0.673. The van der Waals surface area contributed by atoms with E-state index in [1.807, 2.05) is 27.7 Å². The Morgan fingerprint density at radius 1 is 0.636 bits per heavy atom. The fourth-order valence-corrected chi connectivity index (χ4v) is 4.94. The summed E-state index contributed by atoms with van der Waals surface area (Å²) in [6.45, 7) is 12.2. The first-order chi connectivity index (χ1) is 10.3. The highest BCUT2D eigenvalue weighted by atomic mass is 32.1. The van der Waals surface area contributed by atoms with E-state index in [1.165, 1.54) is 9.75 Å². The van der Waals surface area contributed by atoms with Gasteiger partial charge in [0.05, 0.1) is 11.1 Å². The van der Waals surface area contributed by atoms with E-state index >= 15 is 0 Å². The molecular formula is C18H18N2S2. The minimum atomic E-state index is 0.505. The van der Waals surface area contributed by atoms with Gasteiger partial charge in [-0.3, -0.25) is 0 Å². The molecule has 2 aromatic rings. The van der Waals surface area contributed by atoms with E-state index < -0.39 is 0 Å². The molecule has 0 bridgehead atoms. The van der Waals surface area contributed by atoms with E-state index in [-0.39, 0.29) is 0 Å². The third-order valence-electron chi connectivity index (χ3n) is 4.10. The summed E-state index contributed by atoms with van der Waals surface area (Å²) < 4.78 is 0. The largest absolute Gasteiger partial charge is 0.192 e. The number of allylic oxidation sites excluding steroid dienone is 2. The lowest BCUT2D eigenvalue weighted by molar-refractivity contribution is 1.37. The van der Waals surface area contributed by atoms with Gasteiger partial charge in [0.2, 0.25) is 0 Å². The Labute approximate surface area is 140 Å². The third-order valence-corrected chi connectivity index (χ3v) is 6.34. The van der Waals surface area contributed by atoms with Gasteiger partial charge < -0.3 is 0 Å². The van der Waals surface area contributed by atoms with Crippen molar-refractivity contribution in [2.75, 3.05) is 0 Å². The Balaban J connectivity index is 2.87. The first kappa shape index (κ1) is 16.5. The van der Waals surface area contributed by atoms with Crippen molar-refractivity contribution in [1.29, 1.82) is 10.5 Å². The molecule has 0 fully saturated rings. The summed E-state index contributed by atoms with van der Waals surface area (Å²) in [6, 6.07) is 4.59. The molecule has 0 radical (unpaired) electrons. The molecular weight excluding hydrogens is 308 g/mol. The van der Waals surface area contributed by atoms with Gasteiger partial charge in [-0.25, -0.2) is 0 Å². The summed E-state index contributed by atoms with van der Waals surface area (Å²) >= 11 is 3.37. The van der Waals surface area contributed by atoms with Crippen molar-refractivity contribution >= 4 is 33.8 Å². The van der Waals surface area contributed by atoms with Crippen molar-refractivity contribution in [2.45, 2.75) is 41.5 Å². The van der Waals surface area contributed by atoms with E-state index in [4.69, 9.17) is 0 Å². The molecule has 2 rings (SSSR count). The van der Waals surface area contributed by atoms with E-state index in [0.717, 1.165) is 32.0 Å². The van der Waals surface area contributed by atoms with Gasteiger partial charge in [-0.1, -0.05) is 0 Å². The lowest BCUT2D eigenvalue weighted by atomic mass is 9.92. The number of hydrogen-bond donors (Lipinski definition) is 0. The highest BCUT2D eigenvalue weighted by Crippen LogP contribution is 2.39. The number of nitriles is 2. The zero-order valence-electron chi connectivity index (χ0n) is 13.7. The normalized spacial score (nSPS) is 11.8. The molecule has 2 heterocycles. The molecule has 0 N–H and O–H groups in total. The Morgan fingerprint density at radius 3 is 1.14 bits per heavy atom. The molecule has 0 saturated heterocycles. The van der Waals surface area contributed by atoms with E-state index in [0.29, 0.717) is 11.1 Å². The Kier molecular flexibility index (Phi) is 4.56. The van der Waals surface area contributed by atoms with Gasteiger partial charge in [0.25, 0.3) is 0 Å². The number of rotatable bonds is 2. The molecule has 0 atom stereocenters. The summed E-state index contributed by atoms with van der Waals surface area (Å²) in [5.41, 5.74) is 5.09. The zero-order valence-corrected chi connectivity index (χ0v) is 15.3. The average Bonchev–Trinajstić information content (AvgIpc) is 2.86. The fourth-order valence-electron chi connectivity index (χ4n) is 2.80. The first-order valence-corrected chi connectivity index (χ1v) is 8.65. The maximum atomic E-state index is 9.74. The summed E-state index contributed by atoms with van der Waals surface area (Å²) in [5, 5.41) is 19.5. The molecule has 22 heavy (non-hydrogen) atoms. The Bertz CT molecular complexity index is 792. The topological polar surface area (TPSA) is 47.6 Å². The van der Waals surface area contributed by atoms with Crippen LogP contribution in [-0.2, 0) is 0 Å². The van der Waals surface area contributed by atoms with E-state index in [9.17, 15) is 10.5 Å². The molecule has 0 unspecified atom stereocenters. The van der Waals surface area contributed by atoms with Gasteiger partial charge in [0, 0.05) is 30.6 Å². The van der Waals surface area contributed by atoms with Gasteiger partial charge in [0.15, 0.2) is 0 Å². The molecule has 0 aromatic carbocycles. The van der Waals surface area contributed by atoms with Gasteiger partial charge in [-0.05, 0) is 52.7 Å². The van der Waals surface area contributed by atoms with Crippen LogP contribution in [0, 0.1) is 64.2 Å². The second kappa shape index (κ2) is 6.08. The second-order valence-corrected chi connectivity index (χ2v) is 8.26. The van der Waals surface area contributed by atoms with Gasteiger partial charge >= 0.3 is 0 Å². The third kappa shape index (κ3) is 2.50. The second-order valence-electron chi connectivity index (χ2n) is 5.40. The highest BCUT2D eigenvalue weighted by molar-refractivity contribution is 7.12. The molecule has 0 amide bonds. The minimum Gasteiger partial charge on any atom is -0.192 e. The van der Waals surface area contributed by atoms with Gasteiger partial charge in [-0.15, -0.1) is 22.7 Å². The molecule has 0 aliphatic carbocycles. The van der Waals surface area contributed by atoms with Crippen LogP contribution >= 0.6 is 22.7 Å². The maximum Gasteiger partial charge on any atom is 0.101 e. The molecule has 0 aliphatic rings. The average molecular weight is 326 g/mol. The fraction of sp³-hybridized carbons (Fsp3) is 0.333. The standard InChI is InChI=1S/C18H18N2S2/c1-9-11(3)21-13(5)17(9)15(7-19)16(8-20)18-10(2)12(4)22-14(18)6/h1-6H3. The number of nitrogens with zero attached hydrogens (tertiary/aromatic N) is 2. The van der Waals surface area contributed by atoms with Gasteiger partial charge in [0.1, 0.15) is 12.1 Å². The van der Waals surface area contributed by atoms with Crippen LogP contribution in [0.15, 0.2) is 0 Å². The molecule has 112 valence electrons. The van der Waals surface area contributed by atoms with Crippen molar-refractivity contribution in [1.82, 2.24) is 0 Å². The van der Waals surface area contributed by atoms with Crippen LogP contribution in [0.3, 0.4) is 0 Å². The summed E-state index contributed by atoms with van der Waals surface area (Å²) in [5.74, 6) is 0. The van der Waals surface area contributed by atoms with E-state index in [1.54, 1.807) is 22.7 Å². The Hall–Kier alpha value is -1.88. The Morgan fingerprint density at radius 2 is 0.955 bits per heavy atom. The molecule has 0 aliphatic heterocycles. The van der Waals surface area contributed by atoms with Crippen molar-refractivity contribution in [3.8, 4) is 12.1 Å². The van der Waals surface area contributed by atoms with Crippen LogP contribution in [0.1, 0.15) is 41.8 Å². The van der Waals surface area contributed by atoms with Crippen molar-refractivity contribution in [3.05, 3.63) is 41.8 Å². The monoisotopic (exact) mass is 326 g/mol. The maximum absolute atomic E-state index is 9.74. The first-order valence-electron chi connectivity index (χ1n) is 7.01. The lowest BCUT2D eigenvalue weighted by Crippen LogP contribution is -1.94. The zero-order chi connectivity index (χ0) is 16.6. The molecule has 4 heteroatoms. The summed E-state index contributed by atoms with van der Waals surface area (Å²) in [4.78, 5) is 4.60. The lowest BCUT2D eigenvalue weighted by Gasteiger charge is -2.07. The number of aryl methyl sites for hydroxylation is 4. The highest BCUT2D eigenvalue weighted by Gasteiger charge is 2.22. The van der Waals surface area contributed by atoms with Crippen LogP contribution in [0.25, 0.3) is 11.1 Å². The predicted molar refractivity (Wildman–Crippen MR) is 95.1 cm³/mol. The minimum absolute atomic E-state index is 0.505. The number of thiophene rings is 2. The van der Waals surface area contributed by atoms with E-state index in [2.05, 4.69) is 26.0 Å². The van der Waals surface area contributed by atoms with Crippen molar-refractivity contribution < 1.29 is 0 Å². The van der Waals surface area contributed by atoms with Crippen LogP contribution in [0.4, 0.5) is 0 Å². The van der Waals surface area contributed by atoms with Crippen LogP contribution in [-0.4, -0.2) is 0 Å². The molecule has 0 spiro atoms. The summed E-state index contributed by atoms with van der Waals surface area (Å²) in [7, 11) is 0. The van der Waals surface area contributed by atoms with Crippen molar-refractivity contribution in [2.24, 2.45) is 0 Å². The SMILES string of the molecule is Cc1sc(C)c(C(C#N)=C(C#N)c2c(C)sc(C)c2C)c1C. The van der Waals surface area contributed by atoms with Crippen LogP contribution in [0.2, 0.25) is 0 Å². The molecule has 2 aromatic heterocycles.